The lowest BCUT2D eigenvalue weighted by Crippen LogP contribution is -2.27. The summed E-state index contributed by atoms with van der Waals surface area (Å²) < 4.78 is 42.4. The van der Waals surface area contributed by atoms with E-state index in [0.29, 0.717) is 21.8 Å². The molecule has 1 aromatic heterocycles. The fourth-order valence-electron chi connectivity index (χ4n) is 2.14. The highest BCUT2D eigenvalue weighted by atomic mass is 32.1. The van der Waals surface area contributed by atoms with Gasteiger partial charge in [0.05, 0.1) is 22.9 Å². The molecule has 0 fully saturated rings. The number of halogens is 3. The molecule has 0 bridgehead atoms. The van der Waals surface area contributed by atoms with Gasteiger partial charge in [-0.25, -0.2) is 0 Å². The molecule has 0 aliphatic carbocycles. The minimum Gasteiger partial charge on any atom is -0.378 e. The number of hydrogen-bond acceptors (Lipinski definition) is 4. The van der Waals surface area contributed by atoms with Crippen molar-refractivity contribution in [2.75, 3.05) is 12.4 Å². The molecule has 1 aromatic carbocycles. The molecular weight excluding hydrogens is 327 g/mol. The summed E-state index contributed by atoms with van der Waals surface area (Å²) in [6.45, 7) is 3.35. The van der Waals surface area contributed by atoms with Gasteiger partial charge in [0, 0.05) is 7.05 Å². The Morgan fingerprint density at radius 2 is 2.04 bits per heavy atom. The van der Waals surface area contributed by atoms with Crippen molar-refractivity contribution in [1.29, 1.82) is 0 Å². The molecule has 2 rings (SSSR count). The molecule has 8 heteroatoms. The average molecular weight is 343 g/mol. The number of alkyl halides is 3. The molecule has 0 saturated heterocycles. The van der Waals surface area contributed by atoms with Crippen LogP contribution in [0.3, 0.4) is 0 Å². The largest absolute Gasteiger partial charge is 0.416 e. The number of anilines is 1. The van der Waals surface area contributed by atoms with E-state index in [1.807, 2.05) is 0 Å². The summed E-state index contributed by atoms with van der Waals surface area (Å²) in [5.74, 6) is -0.370. The number of hydrogen-bond donors (Lipinski definition) is 2. The summed E-state index contributed by atoms with van der Waals surface area (Å²) in [6, 6.07) is 4.37. The van der Waals surface area contributed by atoms with E-state index in [-0.39, 0.29) is 5.91 Å². The van der Waals surface area contributed by atoms with Gasteiger partial charge in [-0.3, -0.25) is 4.79 Å². The Hall–Kier alpha value is -2.09. The van der Waals surface area contributed by atoms with E-state index in [1.54, 1.807) is 27.0 Å². The summed E-state index contributed by atoms with van der Waals surface area (Å²) in [6.07, 6.45) is -4.41. The number of amides is 1. The SMILES string of the molecule is CNc1snc(C)c1C(=O)NC(C)c1cccc(C(F)(F)F)c1. The Labute approximate surface area is 135 Å². The third kappa shape index (κ3) is 3.82. The Morgan fingerprint density at radius 1 is 1.35 bits per heavy atom. The van der Waals surface area contributed by atoms with Gasteiger partial charge in [-0.1, -0.05) is 12.1 Å². The third-order valence-corrected chi connectivity index (χ3v) is 4.33. The van der Waals surface area contributed by atoms with Gasteiger partial charge in [0.1, 0.15) is 5.00 Å². The van der Waals surface area contributed by atoms with Crippen molar-refractivity contribution in [2.24, 2.45) is 0 Å². The molecule has 1 heterocycles. The van der Waals surface area contributed by atoms with Crippen molar-refractivity contribution in [2.45, 2.75) is 26.1 Å². The van der Waals surface area contributed by atoms with E-state index >= 15 is 0 Å². The predicted molar refractivity (Wildman–Crippen MR) is 83.7 cm³/mol. The van der Waals surface area contributed by atoms with Crippen LogP contribution in [0, 0.1) is 6.92 Å². The lowest BCUT2D eigenvalue weighted by Gasteiger charge is -2.16. The number of rotatable bonds is 4. The molecule has 1 amide bonds. The van der Waals surface area contributed by atoms with Gasteiger partial charge < -0.3 is 10.6 Å². The van der Waals surface area contributed by atoms with E-state index in [4.69, 9.17) is 0 Å². The van der Waals surface area contributed by atoms with Gasteiger partial charge in [0.15, 0.2) is 0 Å². The summed E-state index contributed by atoms with van der Waals surface area (Å²) in [5.41, 5.74) is 0.643. The van der Waals surface area contributed by atoms with Gasteiger partial charge in [0.2, 0.25) is 0 Å². The van der Waals surface area contributed by atoms with Crippen LogP contribution in [0.1, 0.15) is 40.1 Å². The highest BCUT2D eigenvalue weighted by Gasteiger charge is 2.31. The molecule has 1 atom stereocenters. The topological polar surface area (TPSA) is 54.0 Å². The van der Waals surface area contributed by atoms with Crippen LogP contribution < -0.4 is 10.6 Å². The molecule has 0 spiro atoms. The summed E-state index contributed by atoms with van der Waals surface area (Å²) >= 11 is 1.16. The standard InChI is InChI=1S/C15H16F3N3OS/c1-8(10-5-4-6-11(7-10)15(16,17)18)20-13(22)12-9(2)21-23-14(12)19-3/h4-8,19H,1-3H3,(H,20,22). The Morgan fingerprint density at radius 3 is 2.65 bits per heavy atom. The molecule has 1 unspecified atom stereocenters. The van der Waals surface area contributed by atoms with E-state index in [9.17, 15) is 18.0 Å². The highest BCUT2D eigenvalue weighted by Crippen LogP contribution is 2.31. The fraction of sp³-hybridized carbons (Fsp3) is 0.333. The first-order valence-electron chi connectivity index (χ1n) is 6.86. The van der Waals surface area contributed by atoms with Crippen LogP contribution in [-0.2, 0) is 6.18 Å². The van der Waals surface area contributed by atoms with Crippen LogP contribution in [0.15, 0.2) is 24.3 Å². The van der Waals surface area contributed by atoms with Crippen LogP contribution in [0.5, 0.6) is 0 Å². The van der Waals surface area contributed by atoms with E-state index in [1.165, 1.54) is 6.07 Å². The van der Waals surface area contributed by atoms with Gasteiger partial charge in [-0.15, -0.1) is 0 Å². The second-order valence-electron chi connectivity index (χ2n) is 5.04. The first kappa shape index (κ1) is 17.3. The summed E-state index contributed by atoms with van der Waals surface area (Å²) in [5, 5.41) is 6.22. The molecule has 2 aromatic rings. The molecule has 0 aliphatic heterocycles. The number of nitrogens with zero attached hydrogens (tertiary/aromatic N) is 1. The Kier molecular flexibility index (Phi) is 4.93. The zero-order chi connectivity index (χ0) is 17.2. The van der Waals surface area contributed by atoms with Gasteiger partial charge in [0.25, 0.3) is 5.91 Å². The van der Waals surface area contributed by atoms with Crippen LogP contribution in [0.4, 0.5) is 18.2 Å². The minimum absolute atomic E-state index is 0.370. The molecule has 0 saturated carbocycles. The van der Waals surface area contributed by atoms with Crippen LogP contribution in [0.25, 0.3) is 0 Å². The van der Waals surface area contributed by atoms with Crippen LogP contribution in [0.2, 0.25) is 0 Å². The number of nitrogens with one attached hydrogen (secondary N) is 2. The zero-order valence-electron chi connectivity index (χ0n) is 12.8. The number of aryl methyl sites for hydroxylation is 1. The van der Waals surface area contributed by atoms with E-state index < -0.39 is 17.8 Å². The second-order valence-corrected chi connectivity index (χ2v) is 5.81. The van der Waals surface area contributed by atoms with Crippen molar-refractivity contribution in [3.63, 3.8) is 0 Å². The molecular formula is C15H16F3N3OS. The van der Waals surface area contributed by atoms with Crippen LogP contribution in [-0.4, -0.2) is 17.3 Å². The van der Waals surface area contributed by atoms with Crippen molar-refractivity contribution >= 4 is 22.4 Å². The van der Waals surface area contributed by atoms with Crippen molar-refractivity contribution in [3.05, 3.63) is 46.6 Å². The molecule has 2 N–H and O–H groups in total. The van der Waals surface area contributed by atoms with Gasteiger partial charge in [-0.05, 0) is 43.1 Å². The Bertz CT molecular complexity index is 712. The predicted octanol–water partition coefficient (Wildman–Crippen LogP) is 4.00. The summed E-state index contributed by atoms with van der Waals surface area (Å²) in [4.78, 5) is 12.4. The smallest absolute Gasteiger partial charge is 0.378 e. The molecule has 4 nitrogen and oxygen atoms in total. The quantitative estimate of drug-likeness (QED) is 0.882. The fourth-order valence-corrected chi connectivity index (χ4v) is 2.89. The van der Waals surface area contributed by atoms with Crippen molar-refractivity contribution < 1.29 is 18.0 Å². The van der Waals surface area contributed by atoms with Crippen molar-refractivity contribution in [3.8, 4) is 0 Å². The Balaban J connectivity index is 2.20. The number of aromatic nitrogens is 1. The second kappa shape index (κ2) is 6.57. The maximum Gasteiger partial charge on any atom is 0.416 e. The highest BCUT2D eigenvalue weighted by molar-refractivity contribution is 7.10. The average Bonchev–Trinajstić information content (AvgIpc) is 2.87. The number of carbonyl (C=O) groups excluding carboxylic acids is 1. The monoisotopic (exact) mass is 343 g/mol. The molecule has 23 heavy (non-hydrogen) atoms. The third-order valence-electron chi connectivity index (χ3n) is 3.38. The maximum atomic E-state index is 12.8. The van der Waals surface area contributed by atoms with Gasteiger partial charge >= 0.3 is 6.18 Å². The number of benzene rings is 1. The van der Waals surface area contributed by atoms with Crippen LogP contribution >= 0.6 is 11.5 Å². The molecule has 0 radical (unpaired) electrons. The zero-order valence-corrected chi connectivity index (χ0v) is 13.6. The van der Waals surface area contributed by atoms with E-state index in [0.717, 1.165) is 23.7 Å². The lowest BCUT2D eigenvalue weighted by molar-refractivity contribution is -0.137. The lowest BCUT2D eigenvalue weighted by atomic mass is 10.0. The minimum atomic E-state index is -4.41. The molecule has 124 valence electrons. The normalized spacial score (nSPS) is 12.8. The number of carbonyl (C=O) groups is 1. The first-order valence-corrected chi connectivity index (χ1v) is 7.63. The molecule has 0 aliphatic rings. The first-order chi connectivity index (χ1) is 10.7. The van der Waals surface area contributed by atoms with Gasteiger partial charge in [-0.2, -0.15) is 17.5 Å². The van der Waals surface area contributed by atoms with E-state index in [2.05, 4.69) is 15.0 Å². The van der Waals surface area contributed by atoms with Crippen molar-refractivity contribution in [1.82, 2.24) is 9.69 Å². The summed E-state index contributed by atoms with van der Waals surface area (Å²) in [7, 11) is 1.68. The maximum absolute atomic E-state index is 12.8.